The Labute approximate surface area is 187 Å². The van der Waals surface area contributed by atoms with Crippen molar-refractivity contribution < 1.29 is 0 Å². The summed E-state index contributed by atoms with van der Waals surface area (Å²) in [5.74, 6) is 2.08. The maximum absolute atomic E-state index is 4.63. The Morgan fingerprint density at radius 2 is 1.09 bits per heavy atom. The number of aromatic amines is 2. The van der Waals surface area contributed by atoms with Crippen LogP contribution in [0.25, 0.3) is 33.6 Å². The highest BCUT2D eigenvalue weighted by Gasteiger charge is 2.20. The smallest absolute Gasteiger partial charge is 0.123 e. The van der Waals surface area contributed by atoms with Crippen LogP contribution in [0.1, 0.15) is 49.4 Å². The number of nitrogens with one attached hydrogen (secondary N) is 4. The third-order valence-corrected chi connectivity index (χ3v) is 6.65. The summed E-state index contributed by atoms with van der Waals surface area (Å²) in [5.41, 5.74) is 6.82. The third-order valence-electron chi connectivity index (χ3n) is 6.65. The number of benzene rings is 2. The summed E-state index contributed by atoms with van der Waals surface area (Å²) in [4.78, 5) is 16.3. The molecule has 0 saturated carbocycles. The van der Waals surface area contributed by atoms with Gasteiger partial charge in [0.15, 0.2) is 0 Å². The van der Waals surface area contributed by atoms with Gasteiger partial charge in [-0.05, 0) is 62.0 Å². The van der Waals surface area contributed by atoms with Crippen molar-refractivity contribution in [2.24, 2.45) is 0 Å². The second kappa shape index (κ2) is 8.37. The quantitative estimate of drug-likeness (QED) is 0.364. The van der Waals surface area contributed by atoms with Crippen molar-refractivity contribution in [1.82, 2.24) is 30.6 Å². The van der Waals surface area contributed by atoms with Gasteiger partial charge in [-0.3, -0.25) is 0 Å². The Hall–Kier alpha value is -3.22. The Morgan fingerprint density at radius 1 is 0.625 bits per heavy atom. The lowest BCUT2D eigenvalue weighted by atomic mass is 9.99. The molecule has 0 spiro atoms. The molecule has 4 aromatic rings. The van der Waals surface area contributed by atoms with E-state index in [2.05, 4.69) is 79.1 Å². The summed E-state index contributed by atoms with van der Waals surface area (Å²) in [6, 6.07) is 18.0. The van der Waals surface area contributed by atoms with Gasteiger partial charge in [-0.25, -0.2) is 9.97 Å². The molecule has 162 valence electrons. The van der Waals surface area contributed by atoms with Crippen molar-refractivity contribution in [3.63, 3.8) is 0 Å². The zero-order valence-corrected chi connectivity index (χ0v) is 18.1. The Morgan fingerprint density at radius 3 is 1.53 bits per heavy atom. The van der Waals surface area contributed by atoms with Crippen molar-refractivity contribution in [2.75, 3.05) is 13.1 Å². The molecular weight excluding hydrogens is 396 g/mol. The molecule has 4 N–H and O–H groups in total. The van der Waals surface area contributed by atoms with E-state index in [1.807, 2.05) is 12.4 Å². The molecular formula is C26H28N6. The fourth-order valence-electron chi connectivity index (χ4n) is 4.89. The van der Waals surface area contributed by atoms with Crippen LogP contribution in [-0.2, 0) is 0 Å². The Kier molecular flexibility index (Phi) is 5.09. The molecule has 0 radical (unpaired) electrons. The molecule has 32 heavy (non-hydrogen) atoms. The molecule has 4 heterocycles. The molecule has 6 rings (SSSR count). The van der Waals surface area contributed by atoms with Gasteiger partial charge in [0.1, 0.15) is 11.6 Å². The van der Waals surface area contributed by atoms with E-state index >= 15 is 0 Å². The molecule has 2 saturated heterocycles. The summed E-state index contributed by atoms with van der Waals surface area (Å²) in [7, 11) is 0. The maximum atomic E-state index is 4.63. The lowest BCUT2D eigenvalue weighted by Gasteiger charge is -2.08. The van der Waals surface area contributed by atoms with Crippen LogP contribution in [0.2, 0.25) is 0 Å². The highest BCUT2D eigenvalue weighted by Crippen LogP contribution is 2.30. The predicted octanol–water partition coefficient (Wildman–Crippen LogP) is 4.98. The zero-order valence-electron chi connectivity index (χ0n) is 18.1. The molecule has 6 nitrogen and oxygen atoms in total. The van der Waals surface area contributed by atoms with E-state index in [9.17, 15) is 0 Å². The number of hydrogen-bond donors (Lipinski definition) is 4. The fourth-order valence-corrected chi connectivity index (χ4v) is 4.89. The molecule has 2 aromatic heterocycles. The molecule has 2 aliphatic rings. The molecule has 0 aliphatic carbocycles. The molecule has 0 amide bonds. The third kappa shape index (κ3) is 3.76. The minimum Gasteiger partial charge on any atom is -0.341 e. The minimum absolute atomic E-state index is 0.349. The summed E-state index contributed by atoms with van der Waals surface area (Å²) in [6.07, 6.45) is 8.61. The van der Waals surface area contributed by atoms with Crippen LogP contribution < -0.4 is 10.6 Å². The van der Waals surface area contributed by atoms with Crippen molar-refractivity contribution >= 4 is 0 Å². The van der Waals surface area contributed by atoms with E-state index in [0.29, 0.717) is 12.1 Å². The first-order valence-corrected chi connectivity index (χ1v) is 11.6. The Balaban J connectivity index is 1.27. The Bertz CT molecular complexity index is 1110. The second-order valence-electron chi connectivity index (χ2n) is 8.82. The van der Waals surface area contributed by atoms with Gasteiger partial charge >= 0.3 is 0 Å². The van der Waals surface area contributed by atoms with Gasteiger partial charge in [-0.1, -0.05) is 36.4 Å². The van der Waals surface area contributed by atoms with Crippen LogP contribution in [0.4, 0.5) is 0 Å². The van der Waals surface area contributed by atoms with Gasteiger partial charge < -0.3 is 20.6 Å². The largest absolute Gasteiger partial charge is 0.341 e. The second-order valence-corrected chi connectivity index (χ2v) is 8.82. The molecule has 2 aromatic carbocycles. The lowest BCUT2D eigenvalue weighted by molar-refractivity contribution is 0.613. The molecule has 2 fully saturated rings. The minimum atomic E-state index is 0.349. The van der Waals surface area contributed by atoms with E-state index in [-0.39, 0.29) is 0 Å². The molecule has 2 atom stereocenters. The number of hydrogen-bond acceptors (Lipinski definition) is 4. The van der Waals surface area contributed by atoms with Crippen LogP contribution in [0.5, 0.6) is 0 Å². The van der Waals surface area contributed by atoms with Gasteiger partial charge in [0.05, 0.1) is 35.9 Å². The van der Waals surface area contributed by atoms with Crippen LogP contribution in [0, 0.1) is 0 Å². The number of imidazole rings is 2. The summed E-state index contributed by atoms with van der Waals surface area (Å²) < 4.78 is 0. The molecule has 1 unspecified atom stereocenters. The van der Waals surface area contributed by atoms with Crippen molar-refractivity contribution in [3.8, 4) is 33.6 Å². The number of nitrogens with zero attached hydrogens (tertiary/aromatic N) is 2. The topological polar surface area (TPSA) is 81.4 Å². The van der Waals surface area contributed by atoms with Gasteiger partial charge in [-0.2, -0.15) is 0 Å². The zero-order chi connectivity index (χ0) is 21.3. The molecule has 6 heteroatoms. The average Bonchev–Trinajstić information content (AvgIpc) is 3.66. The van der Waals surface area contributed by atoms with Gasteiger partial charge in [0.2, 0.25) is 0 Å². The van der Waals surface area contributed by atoms with E-state index < -0.39 is 0 Å². The standard InChI is InChI=1S/C26H28N6/c1-5-17(13-19(7-1)23-15-29-25(31-23)21-9-3-11-27-21)18-6-2-8-20(14-18)24-16-30-26(32-24)22-10-4-12-28-22/h1-2,5-8,13-16,21-22,27-28H,3-4,9-12H2,(H,29,31)(H,30,32)/t21-,22?/m0/s1. The van der Waals surface area contributed by atoms with E-state index in [4.69, 9.17) is 0 Å². The highest BCUT2D eigenvalue weighted by molar-refractivity contribution is 5.75. The van der Waals surface area contributed by atoms with Crippen molar-refractivity contribution in [2.45, 2.75) is 37.8 Å². The first kappa shape index (κ1) is 19.5. The summed E-state index contributed by atoms with van der Waals surface area (Å²) in [6.45, 7) is 2.14. The van der Waals surface area contributed by atoms with Gasteiger partial charge in [-0.15, -0.1) is 0 Å². The number of H-pyrrole nitrogens is 2. The SMILES string of the molecule is c1cc(-c2cccc(-c3cnc([C@@H]4CCCN4)[nH]3)c2)cc(-c2cnc(C3CCCN3)[nH]2)c1. The van der Waals surface area contributed by atoms with Crippen molar-refractivity contribution in [1.29, 1.82) is 0 Å². The lowest BCUT2D eigenvalue weighted by Crippen LogP contribution is -2.14. The molecule has 2 aliphatic heterocycles. The van der Waals surface area contributed by atoms with Crippen LogP contribution in [0.15, 0.2) is 60.9 Å². The first-order chi connectivity index (χ1) is 15.8. The average molecular weight is 425 g/mol. The van der Waals surface area contributed by atoms with E-state index in [1.165, 1.54) is 24.0 Å². The normalized spacial score (nSPS) is 20.8. The molecule has 0 bridgehead atoms. The number of aromatic nitrogens is 4. The summed E-state index contributed by atoms with van der Waals surface area (Å²) >= 11 is 0. The van der Waals surface area contributed by atoms with Crippen LogP contribution >= 0.6 is 0 Å². The predicted molar refractivity (Wildman–Crippen MR) is 127 cm³/mol. The van der Waals surface area contributed by atoms with E-state index in [0.717, 1.165) is 60.1 Å². The van der Waals surface area contributed by atoms with Crippen LogP contribution in [0.3, 0.4) is 0 Å². The van der Waals surface area contributed by atoms with Gasteiger partial charge in [0.25, 0.3) is 0 Å². The highest BCUT2D eigenvalue weighted by atomic mass is 15.0. The summed E-state index contributed by atoms with van der Waals surface area (Å²) in [5, 5.41) is 7.02. The number of rotatable bonds is 5. The van der Waals surface area contributed by atoms with Crippen molar-refractivity contribution in [3.05, 3.63) is 72.6 Å². The maximum Gasteiger partial charge on any atom is 0.123 e. The monoisotopic (exact) mass is 424 g/mol. The first-order valence-electron chi connectivity index (χ1n) is 11.6. The van der Waals surface area contributed by atoms with E-state index in [1.54, 1.807) is 0 Å². The van der Waals surface area contributed by atoms with Crippen LogP contribution in [-0.4, -0.2) is 33.0 Å². The fraction of sp³-hybridized carbons (Fsp3) is 0.308. The van der Waals surface area contributed by atoms with Gasteiger partial charge in [0, 0.05) is 11.1 Å².